The van der Waals surface area contributed by atoms with Gasteiger partial charge in [0.1, 0.15) is 4.90 Å². The van der Waals surface area contributed by atoms with Gasteiger partial charge in [0.15, 0.2) is 0 Å². The monoisotopic (exact) mass is 295 g/mol. The Morgan fingerprint density at radius 2 is 1.88 bits per heavy atom. The molecule has 0 amide bonds. The lowest BCUT2D eigenvalue weighted by Gasteiger charge is -2.04. The second kappa shape index (κ2) is 4.04. The Morgan fingerprint density at radius 3 is 2.50 bits per heavy atom. The third kappa shape index (κ3) is 2.11. The van der Waals surface area contributed by atoms with Crippen LogP contribution in [0.1, 0.15) is 0 Å². The lowest BCUT2D eigenvalue weighted by Crippen LogP contribution is -1.94. The fourth-order valence-corrected chi connectivity index (χ4v) is 2.93. The number of nitrogens with zero attached hydrogens (tertiary/aromatic N) is 1. The average molecular weight is 297 g/mol. The van der Waals surface area contributed by atoms with Crippen molar-refractivity contribution in [1.29, 1.82) is 0 Å². The van der Waals surface area contributed by atoms with Crippen molar-refractivity contribution >= 4 is 53.8 Å². The third-order valence-corrected chi connectivity index (χ3v) is 4.08. The van der Waals surface area contributed by atoms with Crippen LogP contribution in [0.15, 0.2) is 29.3 Å². The molecule has 0 aliphatic carbocycles. The first-order valence-corrected chi connectivity index (χ1v) is 7.14. The average Bonchev–Trinajstić information content (AvgIpc) is 2.17. The van der Waals surface area contributed by atoms with Gasteiger partial charge in [-0.1, -0.05) is 23.2 Å². The first-order chi connectivity index (χ1) is 7.39. The zero-order chi connectivity index (χ0) is 11.9. The Balaban J connectivity index is 2.89. The van der Waals surface area contributed by atoms with Crippen LogP contribution in [-0.4, -0.2) is 13.4 Å². The number of aromatic nitrogens is 1. The van der Waals surface area contributed by atoms with Crippen molar-refractivity contribution in [2.24, 2.45) is 0 Å². The minimum absolute atomic E-state index is 0.0301. The van der Waals surface area contributed by atoms with E-state index in [0.717, 1.165) is 6.20 Å². The Bertz CT molecular complexity index is 670. The number of rotatable bonds is 1. The Morgan fingerprint density at radius 1 is 1.19 bits per heavy atom. The molecule has 0 atom stereocenters. The summed E-state index contributed by atoms with van der Waals surface area (Å²) in [4.78, 5) is 3.73. The second-order valence-electron chi connectivity index (χ2n) is 3.04. The molecule has 0 aliphatic heterocycles. The first-order valence-electron chi connectivity index (χ1n) is 4.08. The van der Waals surface area contributed by atoms with E-state index in [0.29, 0.717) is 15.9 Å². The number of benzene rings is 1. The van der Waals surface area contributed by atoms with E-state index in [1.165, 1.54) is 6.07 Å². The SMILES string of the molecule is O=S(=O)(Cl)c1cnc2ccc(Cl)cc2c1Cl. The molecular weight excluding hydrogens is 293 g/mol. The molecule has 1 heterocycles. The van der Waals surface area contributed by atoms with Crippen molar-refractivity contribution in [2.75, 3.05) is 0 Å². The molecular formula is C9H4Cl3NO2S. The highest BCUT2D eigenvalue weighted by Crippen LogP contribution is 2.31. The van der Waals surface area contributed by atoms with Crippen LogP contribution >= 0.6 is 33.9 Å². The predicted molar refractivity (Wildman–Crippen MR) is 64.8 cm³/mol. The summed E-state index contributed by atoms with van der Waals surface area (Å²) in [6.07, 6.45) is 1.13. The van der Waals surface area contributed by atoms with E-state index in [1.54, 1.807) is 12.1 Å². The summed E-state index contributed by atoms with van der Waals surface area (Å²) in [5, 5.41) is 0.929. The van der Waals surface area contributed by atoms with E-state index in [1.807, 2.05) is 0 Å². The first kappa shape index (κ1) is 11.9. The number of halogens is 3. The third-order valence-electron chi connectivity index (χ3n) is 1.99. The summed E-state index contributed by atoms with van der Waals surface area (Å²) in [5.74, 6) is 0. The van der Waals surface area contributed by atoms with Gasteiger partial charge in [-0.15, -0.1) is 0 Å². The maximum Gasteiger partial charge on any atom is 0.264 e. The van der Waals surface area contributed by atoms with Gasteiger partial charge >= 0.3 is 0 Å². The van der Waals surface area contributed by atoms with Gasteiger partial charge in [0.2, 0.25) is 0 Å². The zero-order valence-corrected chi connectivity index (χ0v) is 10.7. The highest BCUT2D eigenvalue weighted by Gasteiger charge is 2.17. The highest BCUT2D eigenvalue weighted by molar-refractivity contribution is 8.13. The van der Waals surface area contributed by atoms with Gasteiger partial charge in [-0.05, 0) is 18.2 Å². The van der Waals surface area contributed by atoms with Crippen LogP contribution < -0.4 is 0 Å². The molecule has 2 aromatic rings. The molecule has 0 saturated heterocycles. The van der Waals surface area contributed by atoms with E-state index in [4.69, 9.17) is 33.9 Å². The van der Waals surface area contributed by atoms with E-state index < -0.39 is 9.05 Å². The minimum atomic E-state index is -3.90. The molecule has 0 fully saturated rings. The maximum absolute atomic E-state index is 11.2. The van der Waals surface area contributed by atoms with Gasteiger partial charge in [0.05, 0.1) is 10.5 Å². The van der Waals surface area contributed by atoms with Gasteiger partial charge in [-0.2, -0.15) is 0 Å². The molecule has 7 heteroatoms. The van der Waals surface area contributed by atoms with Gasteiger partial charge in [0.25, 0.3) is 9.05 Å². The van der Waals surface area contributed by atoms with Crippen molar-refractivity contribution in [1.82, 2.24) is 4.98 Å². The molecule has 0 saturated carbocycles. The summed E-state index contributed by atoms with van der Waals surface area (Å²) >= 11 is 11.7. The lowest BCUT2D eigenvalue weighted by molar-refractivity contribution is 0.609. The Labute approximate surface area is 106 Å². The molecule has 0 N–H and O–H groups in total. The molecule has 2 rings (SSSR count). The van der Waals surface area contributed by atoms with Crippen molar-refractivity contribution in [3.8, 4) is 0 Å². The topological polar surface area (TPSA) is 47.0 Å². The van der Waals surface area contributed by atoms with Crippen molar-refractivity contribution in [3.05, 3.63) is 34.4 Å². The molecule has 3 nitrogen and oxygen atoms in total. The van der Waals surface area contributed by atoms with Gasteiger partial charge < -0.3 is 0 Å². The summed E-state index contributed by atoms with van der Waals surface area (Å²) in [6, 6.07) is 4.83. The van der Waals surface area contributed by atoms with E-state index in [-0.39, 0.29) is 9.92 Å². The summed E-state index contributed by atoms with van der Waals surface area (Å²) in [5.41, 5.74) is 0.554. The lowest BCUT2D eigenvalue weighted by atomic mass is 10.2. The highest BCUT2D eigenvalue weighted by atomic mass is 35.7. The van der Waals surface area contributed by atoms with Crippen LogP contribution in [-0.2, 0) is 9.05 Å². The Hall–Kier alpha value is -0.550. The summed E-state index contributed by atoms with van der Waals surface area (Å²) < 4.78 is 22.4. The van der Waals surface area contributed by atoms with Crippen molar-refractivity contribution in [3.63, 3.8) is 0 Å². The van der Waals surface area contributed by atoms with E-state index >= 15 is 0 Å². The van der Waals surface area contributed by atoms with Crippen LogP contribution in [0.4, 0.5) is 0 Å². The van der Waals surface area contributed by atoms with Crippen molar-refractivity contribution < 1.29 is 8.42 Å². The molecule has 1 aromatic carbocycles. The van der Waals surface area contributed by atoms with E-state index in [9.17, 15) is 8.42 Å². The smallest absolute Gasteiger partial charge is 0.255 e. The molecule has 1 aromatic heterocycles. The number of pyridine rings is 1. The predicted octanol–water partition coefficient (Wildman–Crippen LogP) is 3.47. The normalized spacial score (nSPS) is 11.9. The van der Waals surface area contributed by atoms with Crippen LogP contribution in [0.3, 0.4) is 0 Å². The van der Waals surface area contributed by atoms with E-state index in [2.05, 4.69) is 4.98 Å². The van der Waals surface area contributed by atoms with Crippen molar-refractivity contribution in [2.45, 2.75) is 4.90 Å². The summed E-state index contributed by atoms with van der Waals surface area (Å²) in [6.45, 7) is 0. The fourth-order valence-electron chi connectivity index (χ4n) is 1.28. The second-order valence-corrected chi connectivity index (χ2v) is 6.38. The zero-order valence-electron chi connectivity index (χ0n) is 7.62. The molecule has 84 valence electrons. The fraction of sp³-hybridized carbons (Fsp3) is 0. The summed E-state index contributed by atoms with van der Waals surface area (Å²) in [7, 11) is 1.32. The minimum Gasteiger partial charge on any atom is -0.255 e. The van der Waals surface area contributed by atoms with Crippen LogP contribution in [0.5, 0.6) is 0 Å². The standard InChI is InChI=1S/C9H4Cl3NO2S/c10-5-1-2-7-6(3-5)9(11)8(4-13-7)16(12,14)15/h1-4H. The van der Waals surface area contributed by atoms with Gasteiger partial charge in [0, 0.05) is 27.3 Å². The number of hydrogen-bond acceptors (Lipinski definition) is 3. The van der Waals surface area contributed by atoms with Crippen LogP contribution in [0.2, 0.25) is 10.0 Å². The number of hydrogen-bond donors (Lipinski definition) is 0. The molecule has 0 bridgehead atoms. The van der Waals surface area contributed by atoms with Gasteiger partial charge in [-0.3, -0.25) is 4.98 Å². The van der Waals surface area contributed by atoms with Gasteiger partial charge in [-0.25, -0.2) is 8.42 Å². The number of fused-ring (bicyclic) bond motifs is 1. The molecule has 0 unspecified atom stereocenters. The molecule has 16 heavy (non-hydrogen) atoms. The maximum atomic E-state index is 11.2. The molecule has 0 aliphatic rings. The Kier molecular flexibility index (Phi) is 3.01. The van der Waals surface area contributed by atoms with Crippen LogP contribution in [0, 0.1) is 0 Å². The molecule has 0 spiro atoms. The van der Waals surface area contributed by atoms with Crippen LogP contribution in [0.25, 0.3) is 10.9 Å². The largest absolute Gasteiger partial charge is 0.264 e. The molecule has 0 radical (unpaired) electrons. The quantitative estimate of drug-likeness (QED) is 0.757.